The van der Waals surface area contributed by atoms with E-state index in [1.807, 2.05) is 54.3 Å². The summed E-state index contributed by atoms with van der Waals surface area (Å²) >= 11 is 0. The van der Waals surface area contributed by atoms with E-state index in [4.69, 9.17) is 5.73 Å². The molecule has 2 aromatic rings. The molecule has 7 heteroatoms. The van der Waals surface area contributed by atoms with Gasteiger partial charge in [0, 0.05) is 35.9 Å². The number of anilines is 2. The van der Waals surface area contributed by atoms with Gasteiger partial charge in [-0.05, 0) is 62.2 Å². The first kappa shape index (κ1) is 23.7. The lowest BCUT2D eigenvalue weighted by atomic mass is 9.91. The summed E-state index contributed by atoms with van der Waals surface area (Å²) in [5, 5.41) is 6.44. The van der Waals surface area contributed by atoms with Gasteiger partial charge in [-0.1, -0.05) is 25.1 Å². The van der Waals surface area contributed by atoms with Crippen molar-refractivity contribution in [3.63, 3.8) is 0 Å². The van der Waals surface area contributed by atoms with E-state index in [-0.39, 0.29) is 36.3 Å². The van der Waals surface area contributed by atoms with Crippen LogP contribution in [0.5, 0.6) is 0 Å². The van der Waals surface area contributed by atoms with Gasteiger partial charge < -0.3 is 21.3 Å². The number of para-hydroxylation sites is 1. The van der Waals surface area contributed by atoms with Crippen LogP contribution < -0.4 is 21.3 Å². The number of nitrogens with one attached hydrogen (secondary N) is 2. The van der Waals surface area contributed by atoms with E-state index in [9.17, 15) is 9.59 Å². The maximum Gasteiger partial charge on any atom is 0.251 e. The quantitative estimate of drug-likeness (QED) is 0.582. The molecule has 6 nitrogen and oxygen atoms in total. The molecule has 3 rings (SSSR count). The summed E-state index contributed by atoms with van der Waals surface area (Å²) in [5.41, 5.74) is 9.14. The van der Waals surface area contributed by atoms with Crippen LogP contribution in [0.1, 0.15) is 55.1 Å². The van der Waals surface area contributed by atoms with Gasteiger partial charge in [-0.3, -0.25) is 9.59 Å². The molecule has 0 saturated carbocycles. The molecule has 1 aliphatic heterocycles. The normalized spacial score (nSPS) is 17.5. The Morgan fingerprint density at radius 2 is 1.83 bits per heavy atom. The fourth-order valence-corrected chi connectivity index (χ4v) is 3.82. The molecule has 162 valence electrons. The molecule has 0 aromatic heterocycles. The maximum absolute atomic E-state index is 12.5. The number of fused-ring (bicyclic) bond motifs is 1. The van der Waals surface area contributed by atoms with Crippen LogP contribution in [-0.2, 0) is 4.79 Å². The second-order valence-corrected chi connectivity index (χ2v) is 7.43. The molecule has 1 aliphatic rings. The number of hydrogen-bond acceptors (Lipinski definition) is 4. The van der Waals surface area contributed by atoms with Crippen molar-refractivity contribution >= 4 is 35.6 Å². The second kappa shape index (κ2) is 11.0. The van der Waals surface area contributed by atoms with E-state index in [1.54, 1.807) is 0 Å². The molecule has 0 spiro atoms. The fraction of sp³-hybridized carbons (Fsp3) is 0.391. The predicted octanol–water partition coefficient (Wildman–Crippen LogP) is 3.88. The molecule has 2 atom stereocenters. The van der Waals surface area contributed by atoms with E-state index in [0.29, 0.717) is 25.1 Å². The number of nitrogens with two attached hydrogens (primary N) is 1. The molecule has 0 unspecified atom stereocenters. The van der Waals surface area contributed by atoms with Gasteiger partial charge in [0.25, 0.3) is 5.91 Å². The molecule has 30 heavy (non-hydrogen) atoms. The van der Waals surface area contributed by atoms with Crippen molar-refractivity contribution in [3.05, 3.63) is 59.7 Å². The topological polar surface area (TPSA) is 87.5 Å². The van der Waals surface area contributed by atoms with Gasteiger partial charge in [0.05, 0.1) is 6.04 Å². The molecule has 0 aliphatic carbocycles. The lowest BCUT2D eigenvalue weighted by Crippen LogP contribution is -2.44. The Hall–Kier alpha value is -2.57. The molecular weight excluding hydrogens is 400 g/mol. The average molecular weight is 431 g/mol. The molecule has 0 saturated heterocycles. The number of rotatable bonds is 7. The van der Waals surface area contributed by atoms with E-state index in [0.717, 1.165) is 29.8 Å². The Morgan fingerprint density at radius 1 is 1.13 bits per heavy atom. The number of nitrogens with zero attached hydrogens (tertiary/aromatic N) is 1. The first-order valence-electron chi connectivity index (χ1n) is 10.3. The number of carbonyl (C=O) groups excluding carboxylic acids is 2. The minimum absolute atomic E-state index is 0. The van der Waals surface area contributed by atoms with Gasteiger partial charge in [0.1, 0.15) is 0 Å². The van der Waals surface area contributed by atoms with Crippen LogP contribution in [0.15, 0.2) is 48.5 Å². The van der Waals surface area contributed by atoms with Crippen molar-refractivity contribution in [1.82, 2.24) is 5.32 Å². The summed E-state index contributed by atoms with van der Waals surface area (Å²) in [7, 11) is 0. The number of halogens is 1. The third-order valence-corrected chi connectivity index (χ3v) is 5.31. The Labute approximate surface area is 184 Å². The molecule has 2 amide bonds. The third kappa shape index (κ3) is 5.32. The Balaban J connectivity index is 0.00000320. The first-order valence-corrected chi connectivity index (χ1v) is 10.3. The SMILES string of the molecule is CCC(=O)N1c2ccccc2[C@H](Nc2ccc(C(=O)NCCCN)cc2)C[C@@H]1C.Cl. The van der Waals surface area contributed by atoms with Crippen molar-refractivity contribution in [2.45, 2.75) is 45.2 Å². The average Bonchev–Trinajstić information content (AvgIpc) is 2.74. The highest BCUT2D eigenvalue weighted by atomic mass is 35.5. The highest BCUT2D eigenvalue weighted by Gasteiger charge is 2.32. The second-order valence-electron chi connectivity index (χ2n) is 7.43. The van der Waals surface area contributed by atoms with Crippen molar-refractivity contribution in [1.29, 1.82) is 0 Å². The maximum atomic E-state index is 12.5. The highest BCUT2D eigenvalue weighted by Crippen LogP contribution is 2.39. The molecule has 0 radical (unpaired) electrons. The van der Waals surface area contributed by atoms with E-state index >= 15 is 0 Å². The lowest BCUT2D eigenvalue weighted by molar-refractivity contribution is -0.118. The van der Waals surface area contributed by atoms with Crippen LogP contribution in [0.4, 0.5) is 11.4 Å². The molecular formula is C23H31ClN4O2. The smallest absolute Gasteiger partial charge is 0.251 e. The Kier molecular flexibility index (Phi) is 8.69. The van der Waals surface area contributed by atoms with Crippen molar-refractivity contribution in [2.75, 3.05) is 23.3 Å². The third-order valence-electron chi connectivity index (χ3n) is 5.31. The van der Waals surface area contributed by atoms with Crippen LogP contribution in [0.3, 0.4) is 0 Å². The lowest BCUT2D eigenvalue weighted by Gasteiger charge is -2.40. The van der Waals surface area contributed by atoms with E-state index in [1.165, 1.54) is 0 Å². The van der Waals surface area contributed by atoms with Crippen LogP contribution in [-0.4, -0.2) is 30.9 Å². The Bertz CT molecular complexity index is 857. The van der Waals surface area contributed by atoms with Crippen molar-refractivity contribution in [3.8, 4) is 0 Å². The molecule has 0 bridgehead atoms. The summed E-state index contributed by atoms with van der Waals surface area (Å²) in [6.07, 6.45) is 2.08. The Morgan fingerprint density at radius 3 is 2.50 bits per heavy atom. The molecule has 2 aromatic carbocycles. The zero-order chi connectivity index (χ0) is 20.8. The van der Waals surface area contributed by atoms with Gasteiger partial charge in [0.15, 0.2) is 0 Å². The minimum Gasteiger partial charge on any atom is -0.378 e. The summed E-state index contributed by atoms with van der Waals surface area (Å²) in [6.45, 7) is 5.13. The summed E-state index contributed by atoms with van der Waals surface area (Å²) < 4.78 is 0. The zero-order valence-electron chi connectivity index (χ0n) is 17.6. The van der Waals surface area contributed by atoms with Crippen LogP contribution >= 0.6 is 12.4 Å². The monoisotopic (exact) mass is 430 g/mol. The highest BCUT2D eigenvalue weighted by molar-refractivity contribution is 5.95. The summed E-state index contributed by atoms with van der Waals surface area (Å²) in [4.78, 5) is 26.5. The molecule has 1 heterocycles. The van der Waals surface area contributed by atoms with Crippen molar-refractivity contribution < 1.29 is 9.59 Å². The van der Waals surface area contributed by atoms with Gasteiger partial charge in [-0.2, -0.15) is 0 Å². The fourth-order valence-electron chi connectivity index (χ4n) is 3.82. The van der Waals surface area contributed by atoms with Gasteiger partial charge in [-0.25, -0.2) is 0 Å². The summed E-state index contributed by atoms with van der Waals surface area (Å²) in [6, 6.07) is 15.8. The van der Waals surface area contributed by atoms with Crippen LogP contribution in [0, 0.1) is 0 Å². The van der Waals surface area contributed by atoms with Crippen molar-refractivity contribution in [2.24, 2.45) is 5.73 Å². The van der Waals surface area contributed by atoms with Crippen LogP contribution in [0.2, 0.25) is 0 Å². The number of hydrogen-bond donors (Lipinski definition) is 3. The standard InChI is InChI=1S/C23H30N4O2.ClH/c1-3-22(28)27-16(2)15-20(19-7-4-5-8-21(19)27)26-18-11-9-17(10-12-18)23(29)25-14-6-13-24;/h4-5,7-12,16,20,26H,3,6,13-15,24H2,1-2H3,(H,25,29);1H/t16-,20+;/m0./s1. The predicted molar refractivity (Wildman–Crippen MR) is 124 cm³/mol. The van der Waals surface area contributed by atoms with E-state index in [2.05, 4.69) is 23.6 Å². The van der Waals surface area contributed by atoms with Crippen LogP contribution in [0.25, 0.3) is 0 Å². The number of amides is 2. The zero-order valence-corrected chi connectivity index (χ0v) is 18.4. The largest absolute Gasteiger partial charge is 0.378 e. The first-order chi connectivity index (χ1) is 14.0. The summed E-state index contributed by atoms with van der Waals surface area (Å²) in [5.74, 6) is 0.0590. The number of carbonyl (C=O) groups is 2. The van der Waals surface area contributed by atoms with Gasteiger partial charge in [-0.15, -0.1) is 12.4 Å². The van der Waals surface area contributed by atoms with Gasteiger partial charge >= 0.3 is 0 Å². The van der Waals surface area contributed by atoms with E-state index < -0.39 is 0 Å². The molecule has 0 fully saturated rings. The minimum atomic E-state index is -0.0876. The van der Waals surface area contributed by atoms with Gasteiger partial charge in [0.2, 0.25) is 5.91 Å². The number of benzene rings is 2. The molecule has 4 N–H and O–H groups in total.